The van der Waals surface area contributed by atoms with Gasteiger partial charge < -0.3 is 10.6 Å². The number of rotatable bonds is 4. The quantitative estimate of drug-likeness (QED) is 0.657. The molecule has 2 N–H and O–H groups in total. The number of hydrogen-bond acceptors (Lipinski definition) is 4. The van der Waals surface area contributed by atoms with Crippen LogP contribution in [0.15, 0.2) is 36.4 Å². The maximum Gasteiger partial charge on any atom is 0.410 e. The van der Waals surface area contributed by atoms with Crippen molar-refractivity contribution in [1.82, 2.24) is 24.9 Å². The van der Waals surface area contributed by atoms with Crippen LogP contribution in [0.4, 0.5) is 19.0 Å². The minimum absolute atomic E-state index is 0.0651. The fourth-order valence-electron chi connectivity index (χ4n) is 3.92. The Morgan fingerprint density at radius 2 is 1.94 bits per heavy atom. The predicted octanol–water partition coefficient (Wildman–Crippen LogP) is 3.82. The average Bonchev–Trinajstić information content (AvgIpc) is 3.26. The van der Waals surface area contributed by atoms with Crippen molar-refractivity contribution in [2.45, 2.75) is 45.1 Å². The highest BCUT2D eigenvalue weighted by Crippen LogP contribution is 2.43. The number of halogens is 3. The van der Waals surface area contributed by atoms with Crippen molar-refractivity contribution in [2.24, 2.45) is 7.05 Å². The molecule has 1 aliphatic rings. The largest absolute Gasteiger partial charge is 0.410 e. The van der Waals surface area contributed by atoms with Crippen molar-refractivity contribution in [3.8, 4) is 0 Å². The molecule has 0 saturated carbocycles. The molecule has 1 aromatic carbocycles. The number of hydrogen-bond donors (Lipinski definition) is 2. The zero-order chi connectivity index (χ0) is 22.3. The summed E-state index contributed by atoms with van der Waals surface area (Å²) in [5.74, 6) is -0.371. The minimum atomic E-state index is -4.49. The van der Waals surface area contributed by atoms with E-state index < -0.39 is 24.2 Å². The Bertz CT molecular complexity index is 1100. The lowest BCUT2D eigenvalue weighted by Crippen LogP contribution is -2.35. The lowest BCUT2D eigenvalue weighted by atomic mass is 9.97. The van der Waals surface area contributed by atoms with Crippen molar-refractivity contribution in [2.75, 3.05) is 5.32 Å². The van der Waals surface area contributed by atoms with Gasteiger partial charge in [0, 0.05) is 37.3 Å². The van der Waals surface area contributed by atoms with Gasteiger partial charge in [0.05, 0.1) is 11.7 Å². The van der Waals surface area contributed by atoms with E-state index in [9.17, 15) is 18.0 Å². The molecule has 31 heavy (non-hydrogen) atoms. The van der Waals surface area contributed by atoms with Crippen LogP contribution in [-0.2, 0) is 13.6 Å². The highest BCUT2D eigenvalue weighted by Gasteiger charge is 2.46. The van der Waals surface area contributed by atoms with E-state index >= 15 is 0 Å². The van der Waals surface area contributed by atoms with Gasteiger partial charge in [-0.25, -0.2) is 4.68 Å². The molecule has 0 saturated heterocycles. The first kappa shape index (κ1) is 21.0. The molecule has 7 nitrogen and oxygen atoms in total. The van der Waals surface area contributed by atoms with Crippen molar-refractivity contribution in [3.63, 3.8) is 0 Å². The molecular weight excluding hydrogens is 409 g/mol. The zero-order valence-corrected chi connectivity index (χ0v) is 17.4. The van der Waals surface area contributed by atoms with E-state index in [1.165, 1.54) is 6.07 Å². The van der Waals surface area contributed by atoms with Crippen LogP contribution in [0.1, 0.15) is 51.5 Å². The average molecular weight is 432 g/mol. The van der Waals surface area contributed by atoms with E-state index in [4.69, 9.17) is 0 Å². The first-order chi connectivity index (χ1) is 14.6. The Hall–Kier alpha value is -3.30. The molecule has 2 aromatic heterocycles. The number of aromatic nitrogens is 4. The number of anilines is 1. The Balaban J connectivity index is 1.58. The number of nitrogens with one attached hydrogen (secondary N) is 2. The highest BCUT2D eigenvalue weighted by atomic mass is 19.4. The smallest absolute Gasteiger partial charge is 0.363 e. The second-order valence-corrected chi connectivity index (χ2v) is 7.72. The summed E-state index contributed by atoms with van der Waals surface area (Å²) in [7, 11) is 1.81. The number of amides is 1. The standard InChI is InChI=1S/C21H23F3N6O/c1-12-15(13(2)29(3)27-12)11-25-20(31)17-10-19-26-16(14-7-5-4-6-8-14)9-18(21(22,23)24)30(19)28-17/h4-8,10,16,18,26H,9,11H2,1-3H3,(H,25,31)/t16-,18+/m0/s1. The molecule has 1 amide bonds. The van der Waals surface area contributed by atoms with Crippen molar-refractivity contribution >= 4 is 11.7 Å². The molecule has 164 valence electrons. The van der Waals surface area contributed by atoms with Gasteiger partial charge in [0.15, 0.2) is 11.7 Å². The molecule has 2 atom stereocenters. The highest BCUT2D eigenvalue weighted by molar-refractivity contribution is 5.93. The van der Waals surface area contributed by atoms with Gasteiger partial charge in [-0.3, -0.25) is 9.48 Å². The number of benzene rings is 1. The molecule has 0 aliphatic carbocycles. The third kappa shape index (κ3) is 4.01. The fraction of sp³-hybridized carbons (Fsp3) is 0.381. The number of carbonyl (C=O) groups excluding carboxylic acids is 1. The van der Waals surface area contributed by atoms with Crippen LogP contribution >= 0.6 is 0 Å². The molecule has 4 rings (SSSR count). The topological polar surface area (TPSA) is 76.8 Å². The van der Waals surface area contributed by atoms with E-state index in [1.54, 1.807) is 28.9 Å². The number of fused-ring (bicyclic) bond motifs is 1. The zero-order valence-electron chi connectivity index (χ0n) is 17.4. The van der Waals surface area contributed by atoms with Crippen LogP contribution in [0.2, 0.25) is 0 Å². The summed E-state index contributed by atoms with van der Waals surface area (Å²) >= 11 is 0. The molecule has 10 heteroatoms. The molecule has 0 fully saturated rings. The van der Waals surface area contributed by atoms with Crippen LogP contribution < -0.4 is 10.6 Å². The number of alkyl halides is 3. The maximum absolute atomic E-state index is 13.8. The lowest BCUT2D eigenvalue weighted by Gasteiger charge is -2.33. The summed E-state index contributed by atoms with van der Waals surface area (Å²) in [5, 5.41) is 14.1. The first-order valence-corrected chi connectivity index (χ1v) is 9.90. The van der Waals surface area contributed by atoms with Crippen molar-refractivity contribution in [1.29, 1.82) is 0 Å². The summed E-state index contributed by atoms with van der Waals surface area (Å²) in [4.78, 5) is 12.6. The monoisotopic (exact) mass is 432 g/mol. The summed E-state index contributed by atoms with van der Waals surface area (Å²) in [6.45, 7) is 3.94. The summed E-state index contributed by atoms with van der Waals surface area (Å²) in [6.07, 6.45) is -4.70. The van der Waals surface area contributed by atoms with Crippen molar-refractivity contribution in [3.05, 3.63) is 64.6 Å². The maximum atomic E-state index is 13.8. The van der Waals surface area contributed by atoms with E-state index in [2.05, 4.69) is 20.8 Å². The fourth-order valence-corrected chi connectivity index (χ4v) is 3.92. The third-order valence-electron chi connectivity index (χ3n) is 5.71. The van der Waals surface area contributed by atoms with Crippen LogP contribution in [0.3, 0.4) is 0 Å². The SMILES string of the molecule is Cc1nn(C)c(C)c1CNC(=O)c1cc2n(n1)[C@@H](C(F)(F)F)C[C@@H](c1ccccc1)N2. The van der Waals surface area contributed by atoms with Gasteiger partial charge in [0.2, 0.25) is 0 Å². The molecule has 0 radical (unpaired) electrons. The molecule has 3 aromatic rings. The Labute approximate surface area is 177 Å². The van der Waals surface area contributed by atoms with Gasteiger partial charge in [-0.2, -0.15) is 23.4 Å². The normalized spacial score (nSPS) is 18.4. The van der Waals surface area contributed by atoms with Gasteiger partial charge in [-0.1, -0.05) is 30.3 Å². The first-order valence-electron chi connectivity index (χ1n) is 9.90. The summed E-state index contributed by atoms with van der Waals surface area (Å²) < 4.78 is 43.9. The van der Waals surface area contributed by atoms with Crippen LogP contribution in [0.5, 0.6) is 0 Å². The predicted molar refractivity (Wildman–Crippen MR) is 109 cm³/mol. The minimum Gasteiger partial charge on any atom is -0.363 e. The third-order valence-corrected chi connectivity index (χ3v) is 5.71. The summed E-state index contributed by atoms with van der Waals surface area (Å²) in [6, 6.07) is 7.96. The molecule has 0 unspecified atom stereocenters. The molecule has 1 aliphatic heterocycles. The second kappa shape index (κ2) is 7.75. The van der Waals surface area contributed by atoms with Crippen LogP contribution in [0.25, 0.3) is 0 Å². The molecular formula is C21H23F3N6O. The van der Waals surface area contributed by atoms with E-state index in [0.717, 1.165) is 27.2 Å². The molecule has 3 heterocycles. The Morgan fingerprint density at radius 3 is 2.55 bits per heavy atom. The lowest BCUT2D eigenvalue weighted by molar-refractivity contribution is -0.173. The number of nitrogens with zero attached hydrogens (tertiary/aromatic N) is 4. The van der Waals surface area contributed by atoms with E-state index in [-0.39, 0.29) is 24.5 Å². The van der Waals surface area contributed by atoms with Crippen LogP contribution in [-0.4, -0.2) is 31.6 Å². The molecule has 0 spiro atoms. The summed E-state index contributed by atoms with van der Waals surface area (Å²) in [5.41, 5.74) is 3.25. The van der Waals surface area contributed by atoms with Gasteiger partial charge in [-0.15, -0.1) is 0 Å². The number of aryl methyl sites for hydroxylation is 2. The molecule has 0 bridgehead atoms. The van der Waals surface area contributed by atoms with E-state index in [0.29, 0.717) is 0 Å². The van der Waals surface area contributed by atoms with Gasteiger partial charge in [0.1, 0.15) is 5.82 Å². The van der Waals surface area contributed by atoms with E-state index in [1.807, 2.05) is 27.0 Å². The number of carbonyl (C=O) groups is 1. The van der Waals surface area contributed by atoms with Crippen LogP contribution in [0, 0.1) is 13.8 Å². The van der Waals surface area contributed by atoms with Gasteiger partial charge in [-0.05, 0) is 19.4 Å². The van der Waals surface area contributed by atoms with Gasteiger partial charge in [0.25, 0.3) is 5.91 Å². The van der Waals surface area contributed by atoms with Gasteiger partial charge >= 0.3 is 6.18 Å². The van der Waals surface area contributed by atoms with Crippen molar-refractivity contribution < 1.29 is 18.0 Å². The Kier molecular flexibility index (Phi) is 5.24. The Morgan fingerprint density at radius 1 is 1.23 bits per heavy atom. The second-order valence-electron chi connectivity index (χ2n) is 7.72.